The minimum atomic E-state index is -0.447. The molecule has 1 N–H and O–H groups in total. The van der Waals surface area contributed by atoms with E-state index in [-0.39, 0.29) is 24.8 Å². The zero-order valence-electron chi connectivity index (χ0n) is 11.3. The molecule has 20 heavy (non-hydrogen) atoms. The Kier molecular flexibility index (Phi) is 7.69. The Morgan fingerprint density at radius 3 is 2.60 bits per heavy atom. The monoisotopic (exact) mass is 299 g/mol. The van der Waals surface area contributed by atoms with E-state index in [0.29, 0.717) is 6.61 Å². The van der Waals surface area contributed by atoms with Crippen molar-refractivity contribution in [3.05, 3.63) is 35.9 Å². The van der Waals surface area contributed by atoms with Crippen LogP contribution < -0.4 is 5.32 Å². The predicted octanol–water partition coefficient (Wildman–Crippen LogP) is 1.49. The molecule has 0 saturated heterocycles. The number of alkyl halides is 1. The number of benzene rings is 1. The van der Waals surface area contributed by atoms with E-state index in [4.69, 9.17) is 16.3 Å². The second kappa shape index (κ2) is 9.34. The van der Waals surface area contributed by atoms with E-state index < -0.39 is 12.0 Å². The summed E-state index contributed by atoms with van der Waals surface area (Å²) in [7, 11) is 1.30. The van der Waals surface area contributed by atoms with Crippen molar-refractivity contribution in [2.24, 2.45) is 0 Å². The number of hydrogen-bond acceptors (Lipinski definition) is 4. The van der Waals surface area contributed by atoms with Crippen molar-refractivity contribution in [1.29, 1.82) is 0 Å². The molecular formula is C14H18ClNO4. The van der Waals surface area contributed by atoms with E-state index in [1.165, 1.54) is 7.11 Å². The van der Waals surface area contributed by atoms with Crippen LogP contribution in [0.2, 0.25) is 0 Å². The number of rotatable bonds is 8. The van der Waals surface area contributed by atoms with Gasteiger partial charge in [0.2, 0.25) is 5.91 Å². The third-order valence-corrected chi connectivity index (χ3v) is 2.80. The van der Waals surface area contributed by atoms with Gasteiger partial charge in [0.05, 0.1) is 32.8 Å². The van der Waals surface area contributed by atoms with Crippen molar-refractivity contribution in [1.82, 2.24) is 5.32 Å². The summed E-state index contributed by atoms with van der Waals surface area (Å²) >= 11 is 5.43. The van der Waals surface area contributed by atoms with Crippen LogP contribution in [0.3, 0.4) is 0 Å². The lowest BCUT2D eigenvalue weighted by molar-refractivity contribution is -0.141. The van der Waals surface area contributed by atoms with Crippen LogP contribution in [0.15, 0.2) is 30.3 Å². The summed E-state index contributed by atoms with van der Waals surface area (Å²) in [5.74, 6) is -0.909. The SMILES string of the molecule is COC(=O)C[C@@H](COCc1ccccc1)NC(=O)CCl. The third kappa shape index (κ3) is 6.54. The van der Waals surface area contributed by atoms with Gasteiger partial charge in [-0.25, -0.2) is 0 Å². The van der Waals surface area contributed by atoms with Crippen molar-refractivity contribution in [3.8, 4) is 0 Å². The maximum Gasteiger partial charge on any atom is 0.307 e. The van der Waals surface area contributed by atoms with Crippen molar-refractivity contribution >= 4 is 23.5 Å². The first-order chi connectivity index (χ1) is 9.65. The number of methoxy groups -OCH3 is 1. The zero-order chi connectivity index (χ0) is 14.8. The first kappa shape index (κ1) is 16.5. The quantitative estimate of drug-likeness (QED) is 0.583. The number of carbonyl (C=O) groups is 2. The number of ether oxygens (including phenoxy) is 2. The van der Waals surface area contributed by atoms with E-state index in [1.807, 2.05) is 30.3 Å². The molecule has 0 fully saturated rings. The molecule has 0 saturated carbocycles. The van der Waals surface area contributed by atoms with Crippen LogP contribution in [-0.2, 0) is 25.7 Å². The summed E-state index contributed by atoms with van der Waals surface area (Å²) in [5.41, 5.74) is 1.02. The van der Waals surface area contributed by atoms with Crippen LogP contribution in [0, 0.1) is 0 Å². The average molecular weight is 300 g/mol. The Balaban J connectivity index is 2.42. The highest BCUT2D eigenvalue weighted by Crippen LogP contribution is 2.03. The van der Waals surface area contributed by atoms with Crippen LogP contribution in [-0.4, -0.2) is 37.5 Å². The predicted molar refractivity (Wildman–Crippen MR) is 75.4 cm³/mol. The van der Waals surface area contributed by atoms with Crippen molar-refractivity contribution in [3.63, 3.8) is 0 Å². The molecule has 0 bridgehead atoms. The van der Waals surface area contributed by atoms with E-state index in [0.717, 1.165) is 5.56 Å². The second-order valence-electron chi connectivity index (χ2n) is 4.18. The van der Waals surface area contributed by atoms with Crippen LogP contribution in [0.5, 0.6) is 0 Å². The molecule has 0 spiro atoms. The summed E-state index contributed by atoms with van der Waals surface area (Å²) in [6.45, 7) is 0.627. The highest BCUT2D eigenvalue weighted by Gasteiger charge is 2.16. The van der Waals surface area contributed by atoms with Gasteiger partial charge in [0, 0.05) is 0 Å². The number of hydrogen-bond donors (Lipinski definition) is 1. The fourth-order valence-corrected chi connectivity index (χ4v) is 1.67. The number of halogens is 1. The fraction of sp³-hybridized carbons (Fsp3) is 0.429. The van der Waals surface area contributed by atoms with Crippen LogP contribution in [0.25, 0.3) is 0 Å². The minimum Gasteiger partial charge on any atom is -0.469 e. The fourth-order valence-electron chi connectivity index (χ4n) is 1.60. The van der Waals surface area contributed by atoms with Gasteiger partial charge >= 0.3 is 5.97 Å². The molecule has 0 radical (unpaired) electrons. The molecule has 1 aromatic rings. The smallest absolute Gasteiger partial charge is 0.307 e. The molecule has 110 valence electrons. The Morgan fingerprint density at radius 2 is 2.00 bits per heavy atom. The molecule has 5 nitrogen and oxygen atoms in total. The van der Waals surface area contributed by atoms with Gasteiger partial charge in [0.15, 0.2) is 0 Å². The Bertz CT molecular complexity index is 406. The van der Waals surface area contributed by atoms with E-state index >= 15 is 0 Å². The highest BCUT2D eigenvalue weighted by molar-refractivity contribution is 6.27. The Hall–Kier alpha value is -1.59. The maximum absolute atomic E-state index is 11.3. The molecule has 6 heteroatoms. The molecule has 0 unspecified atom stereocenters. The first-order valence-corrected chi connectivity index (χ1v) is 6.73. The third-order valence-electron chi connectivity index (χ3n) is 2.56. The van der Waals surface area contributed by atoms with Gasteiger partial charge in [0.25, 0.3) is 0 Å². The summed E-state index contributed by atoms with van der Waals surface area (Å²) < 4.78 is 10.1. The molecule has 0 aliphatic rings. The summed E-state index contributed by atoms with van der Waals surface area (Å²) in [6, 6.07) is 9.18. The van der Waals surface area contributed by atoms with Gasteiger partial charge in [-0.2, -0.15) is 0 Å². The molecule has 1 amide bonds. The van der Waals surface area contributed by atoms with Gasteiger partial charge in [-0.1, -0.05) is 30.3 Å². The van der Waals surface area contributed by atoms with Crippen LogP contribution in [0.4, 0.5) is 0 Å². The molecule has 0 aromatic heterocycles. The van der Waals surface area contributed by atoms with Crippen molar-refractivity contribution in [2.75, 3.05) is 19.6 Å². The summed E-state index contributed by atoms with van der Waals surface area (Å²) in [5, 5.41) is 2.62. The molecule has 1 aromatic carbocycles. The lowest BCUT2D eigenvalue weighted by Crippen LogP contribution is -2.40. The lowest BCUT2D eigenvalue weighted by Gasteiger charge is -2.17. The van der Waals surface area contributed by atoms with Gasteiger partial charge < -0.3 is 14.8 Å². The Morgan fingerprint density at radius 1 is 1.30 bits per heavy atom. The van der Waals surface area contributed by atoms with E-state index in [1.54, 1.807) is 0 Å². The van der Waals surface area contributed by atoms with Crippen molar-refractivity contribution < 1.29 is 19.1 Å². The van der Waals surface area contributed by atoms with Gasteiger partial charge in [-0.15, -0.1) is 11.6 Å². The second-order valence-corrected chi connectivity index (χ2v) is 4.45. The molecule has 0 heterocycles. The van der Waals surface area contributed by atoms with Crippen LogP contribution >= 0.6 is 11.6 Å². The number of amides is 1. The maximum atomic E-state index is 11.3. The summed E-state index contributed by atoms with van der Waals surface area (Å²) in [6.07, 6.45) is 0.0495. The average Bonchev–Trinajstić information content (AvgIpc) is 2.47. The van der Waals surface area contributed by atoms with E-state index in [9.17, 15) is 9.59 Å². The topological polar surface area (TPSA) is 64.6 Å². The number of esters is 1. The van der Waals surface area contributed by atoms with E-state index in [2.05, 4.69) is 10.1 Å². The molecule has 1 rings (SSSR count). The first-order valence-electron chi connectivity index (χ1n) is 6.19. The number of carbonyl (C=O) groups excluding carboxylic acids is 2. The minimum absolute atomic E-state index is 0.0495. The summed E-state index contributed by atoms with van der Waals surface area (Å²) in [4.78, 5) is 22.5. The molecule has 0 aliphatic heterocycles. The molecule has 1 atom stereocenters. The normalized spacial score (nSPS) is 11.7. The lowest BCUT2D eigenvalue weighted by atomic mass is 10.2. The van der Waals surface area contributed by atoms with Gasteiger partial charge in [-0.05, 0) is 5.56 Å². The van der Waals surface area contributed by atoms with Crippen molar-refractivity contribution in [2.45, 2.75) is 19.1 Å². The zero-order valence-corrected chi connectivity index (χ0v) is 12.1. The molecular weight excluding hydrogens is 282 g/mol. The van der Waals surface area contributed by atoms with Gasteiger partial charge in [0.1, 0.15) is 5.88 Å². The number of nitrogens with one attached hydrogen (secondary N) is 1. The highest BCUT2D eigenvalue weighted by atomic mass is 35.5. The van der Waals surface area contributed by atoms with Gasteiger partial charge in [-0.3, -0.25) is 9.59 Å². The standard InChI is InChI=1S/C14H18ClNO4/c1-19-14(18)7-12(16-13(17)8-15)10-20-9-11-5-3-2-4-6-11/h2-6,12H,7-10H2,1H3,(H,16,17)/t12-/m0/s1. The van der Waals surface area contributed by atoms with Crippen LogP contribution in [0.1, 0.15) is 12.0 Å². The largest absolute Gasteiger partial charge is 0.469 e. The molecule has 0 aliphatic carbocycles. The Labute approximate surface area is 123 Å².